The van der Waals surface area contributed by atoms with Crippen molar-refractivity contribution in [1.82, 2.24) is 0 Å². The van der Waals surface area contributed by atoms with Gasteiger partial charge in [0.15, 0.2) is 11.3 Å². The molecular weight excluding hydrogens is 238 g/mol. The zero-order valence-corrected chi connectivity index (χ0v) is 10.7. The second kappa shape index (κ2) is 4.89. The average Bonchev–Trinajstić information content (AvgIpc) is 2.68. The highest BCUT2D eigenvalue weighted by Gasteiger charge is 2.13. The van der Waals surface area contributed by atoms with E-state index in [-0.39, 0.29) is 4.94 Å². The Morgan fingerprint density at radius 2 is 2.29 bits per heavy atom. The third kappa shape index (κ3) is 2.35. The molecule has 0 aliphatic heterocycles. The third-order valence-electron chi connectivity index (χ3n) is 2.81. The lowest BCUT2D eigenvalue weighted by molar-refractivity contribution is 0.407. The minimum Gasteiger partial charge on any atom is -0.493 e. The van der Waals surface area contributed by atoms with Crippen LogP contribution in [0.15, 0.2) is 21.3 Å². The highest BCUT2D eigenvalue weighted by atomic mass is 32.1. The van der Waals surface area contributed by atoms with E-state index in [0.717, 1.165) is 28.0 Å². The fourth-order valence-electron chi connectivity index (χ4n) is 1.82. The molecule has 0 radical (unpaired) electrons. The minimum atomic E-state index is -0.304. The number of fused-ring (bicyclic) bond motifs is 1. The van der Waals surface area contributed by atoms with Crippen molar-refractivity contribution in [1.29, 1.82) is 0 Å². The van der Waals surface area contributed by atoms with Gasteiger partial charge in [0.2, 0.25) is 0 Å². The monoisotopic (exact) mass is 253 g/mol. The number of hydrogen-bond acceptors (Lipinski definition) is 5. The summed E-state index contributed by atoms with van der Waals surface area (Å²) in [5.74, 6) is 0.954. The summed E-state index contributed by atoms with van der Waals surface area (Å²) in [6, 6.07) is 3.89. The van der Waals surface area contributed by atoms with E-state index in [1.807, 2.05) is 12.1 Å². The average molecular weight is 253 g/mol. The first-order valence-electron chi connectivity index (χ1n) is 5.47. The number of hydrogen-bond donors (Lipinski definition) is 1. The largest absolute Gasteiger partial charge is 0.493 e. The topological polar surface area (TPSA) is 65.5 Å². The molecule has 17 heavy (non-hydrogen) atoms. The molecule has 2 aromatic rings. The van der Waals surface area contributed by atoms with Crippen LogP contribution in [0.5, 0.6) is 5.75 Å². The Balaban J connectivity index is 2.55. The van der Waals surface area contributed by atoms with Crippen molar-refractivity contribution in [3.8, 4) is 5.75 Å². The first kappa shape index (κ1) is 12.1. The van der Waals surface area contributed by atoms with Crippen molar-refractivity contribution < 1.29 is 9.15 Å². The van der Waals surface area contributed by atoms with Gasteiger partial charge < -0.3 is 14.9 Å². The molecule has 0 amide bonds. The summed E-state index contributed by atoms with van der Waals surface area (Å²) >= 11 is 1.10. The second-order valence-electron chi connectivity index (χ2n) is 3.98. The smallest absolute Gasteiger partial charge is 0.396 e. The highest BCUT2D eigenvalue weighted by Crippen LogP contribution is 2.32. The summed E-state index contributed by atoms with van der Waals surface area (Å²) in [4.78, 5) is 10.9. The predicted octanol–water partition coefficient (Wildman–Crippen LogP) is 2.32. The van der Waals surface area contributed by atoms with Crippen LogP contribution in [0.4, 0.5) is 0 Å². The maximum Gasteiger partial charge on any atom is 0.396 e. The van der Waals surface area contributed by atoms with Crippen molar-refractivity contribution in [2.75, 3.05) is 13.7 Å². The molecule has 2 N–H and O–H groups in total. The maximum atomic E-state index is 11.2. The van der Waals surface area contributed by atoms with Crippen LogP contribution >= 0.6 is 11.3 Å². The van der Waals surface area contributed by atoms with Gasteiger partial charge >= 0.3 is 4.94 Å². The van der Waals surface area contributed by atoms with Gasteiger partial charge in [0.25, 0.3) is 0 Å². The molecule has 0 spiro atoms. The minimum absolute atomic E-state index is 0.304. The van der Waals surface area contributed by atoms with E-state index >= 15 is 0 Å². The van der Waals surface area contributed by atoms with Gasteiger partial charge in [-0.15, -0.1) is 0 Å². The van der Waals surface area contributed by atoms with E-state index in [9.17, 15) is 4.79 Å². The van der Waals surface area contributed by atoms with Crippen LogP contribution in [-0.2, 0) is 0 Å². The zero-order chi connectivity index (χ0) is 12.4. The van der Waals surface area contributed by atoms with Crippen molar-refractivity contribution in [2.45, 2.75) is 19.3 Å². The molecule has 0 fully saturated rings. The Kier molecular flexibility index (Phi) is 3.49. The van der Waals surface area contributed by atoms with Gasteiger partial charge in [-0.3, -0.25) is 0 Å². The van der Waals surface area contributed by atoms with Crippen LogP contribution in [0.1, 0.15) is 24.8 Å². The molecule has 0 saturated carbocycles. The van der Waals surface area contributed by atoms with Crippen LogP contribution in [-0.4, -0.2) is 13.7 Å². The number of ether oxygens (including phenoxy) is 1. The molecule has 0 aliphatic carbocycles. The van der Waals surface area contributed by atoms with E-state index in [1.54, 1.807) is 7.11 Å². The van der Waals surface area contributed by atoms with Gasteiger partial charge in [0, 0.05) is 0 Å². The van der Waals surface area contributed by atoms with Crippen LogP contribution in [0.25, 0.3) is 10.3 Å². The van der Waals surface area contributed by atoms with E-state index < -0.39 is 0 Å². The number of rotatable bonds is 4. The van der Waals surface area contributed by atoms with E-state index in [0.29, 0.717) is 23.8 Å². The fraction of sp³-hybridized carbons (Fsp3) is 0.417. The van der Waals surface area contributed by atoms with Crippen LogP contribution in [0.2, 0.25) is 0 Å². The van der Waals surface area contributed by atoms with E-state index in [4.69, 9.17) is 14.9 Å². The van der Waals surface area contributed by atoms with Crippen molar-refractivity contribution in [3.05, 3.63) is 27.4 Å². The first-order valence-corrected chi connectivity index (χ1v) is 6.29. The second-order valence-corrected chi connectivity index (χ2v) is 4.96. The Bertz CT molecular complexity index is 573. The first-order chi connectivity index (χ1) is 8.15. The summed E-state index contributed by atoms with van der Waals surface area (Å²) in [6.07, 6.45) is 0.904. The number of benzene rings is 1. The molecule has 1 unspecified atom stereocenters. The molecule has 0 bridgehead atoms. The van der Waals surface area contributed by atoms with Gasteiger partial charge in [0.05, 0.1) is 11.8 Å². The molecule has 92 valence electrons. The predicted molar refractivity (Wildman–Crippen MR) is 69.0 cm³/mol. The zero-order valence-electron chi connectivity index (χ0n) is 9.86. The van der Waals surface area contributed by atoms with E-state index in [2.05, 4.69) is 6.92 Å². The van der Waals surface area contributed by atoms with E-state index in [1.165, 1.54) is 0 Å². The maximum absolute atomic E-state index is 11.2. The number of nitrogens with two attached hydrogens (primary N) is 1. The molecule has 1 aromatic heterocycles. The van der Waals surface area contributed by atoms with Crippen molar-refractivity contribution >= 4 is 21.6 Å². The van der Waals surface area contributed by atoms with Crippen LogP contribution < -0.4 is 15.4 Å². The highest BCUT2D eigenvalue weighted by molar-refractivity contribution is 7.16. The molecule has 0 aliphatic rings. The summed E-state index contributed by atoms with van der Waals surface area (Å²) in [5.41, 5.74) is 7.21. The summed E-state index contributed by atoms with van der Waals surface area (Å²) < 4.78 is 11.2. The van der Waals surface area contributed by atoms with Gasteiger partial charge in [-0.1, -0.05) is 18.3 Å². The lowest BCUT2D eigenvalue weighted by atomic mass is 9.97. The quantitative estimate of drug-likeness (QED) is 0.908. The van der Waals surface area contributed by atoms with Crippen LogP contribution in [0, 0.1) is 0 Å². The molecule has 1 heterocycles. The Hall–Kier alpha value is -1.33. The van der Waals surface area contributed by atoms with Gasteiger partial charge in [0.1, 0.15) is 0 Å². The molecule has 4 nitrogen and oxygen atoms in total. The summed E-state index contributed by atoms with van der Waals surface area (Å²) in [5, 5.41) is 0. The summed E-state index contributed by atoms with van der Waals surface area (Å²) in [7, 11) is 1.57. The molecule has 2 rings (SSSR count). The molecule has 5 heteroatoms. The molecule has 0 saturated heterocycles. The Labute approximate surface area is 103 Å². The molecule has 1 aromatic carbocycles. The van der Waals surface area contributed by atoms with Gasteiger partial charge in [-0.05, 0) is 36.6 Å². The van der Waals surface area contributed by atoms with Crippen LogP contribution in [0.3, 0.4) is 0 Å². The SMILES string of the molecule is COc1cc(C(C)CCN)cc2sc(=O)oc12. The standard InChI is InChI=1S/C12H15NO3S/c1-7(3-4-13)8-5-9(15-2)11-10(6-8)17-12(14)16-11/h5-7H,3-4,13H2,1-2H3. The Morgan fingerprint density at radius 1 is 1.53 bits per heavy atom. The fourth-order valence-corrected chi connectivity index (χ4v) is 2.55. The van der Waals surface area contributed by atoms with Gasteiger partial charge in [-0.25, -0.2) is 4.79 Å². The normalized spacial score (nSPS) is 12.9. The summed E-state index contributed by atoms with van der Waals surface area (Å²) in [6.45, 7) is 2.75. The third-order valence-corrected chi connectivity index (χ3v) is 3.58. The van der Waals surface area contributed by atoms with Gasteiger partial charge in [-0.2, -0.15) is 0 Å². The van der Waals surface area contributed by atoms with Crippen molar-refractivity contribution in [2.24, 2.45) is 5.73 Å². The lowest BCUT2D eigenvalue weighted by Gasteiger charge is -2.11. The molecular formula is C12H15NO3S. The lowest BCUT2D eigenvalue weighted by Crippen LogP contribution is -2.04. The van der Waals surface area contributed by atoms with Crippen molar-refractivity contribution in [3.63, 3.8) is 0 Å². The molecule has 1 atom stereocenters. The Morgan fingerprint density at radius 3 is 2.94 bits per heavy atom. The number of methoxy groups -OCH3 is 1.